The van der Waals surface area contributed by atoms with E-state index in [9.17, 15) is 0 Å². The monoisotopic (exact) mass is 250 g/mol. The second-order valence-electron chi connectivity index (χ2n) is 5.68. The smallest absolute Gasteiger partial charge is 0.122 e. The molecule has 18 heavy (non-hydrogen) atoms. The Morgan fingerprint density at radius 1 is 1.28 bits per heavy atom. The third-order valence-corrected chi connectivity index (χ3v) is 2.93. The molecule has 1 aromatic carbocycles. The van der Waals surface area contributed by atoms with Gasteiger partial charge in [0.15, 0.2) is 0 Å². The van der Waals surface area contributed by atoms with E-state index >= 15 is 0 Å². The van der Waals surface area contributed by atoms with Gasteiger partial charge in [-0.3, -0.25) is 0 Å². The summed E-state index contributed by atoms with van der Waals surface area (Å²) in [5, 5.41) is 3.39. The van der Waals surface area contributed by atoms with E-state index in [1.165, 1.54) is 16.7 Å². The highest BCUT2D eigenvalue weighted by Crippen LogP contribution is 2.24. The SMILES string of the molecule is COc1cc(C)cc(C)c1CCNCC(C)(C)N. The van der Waals surface area contributed by atoms with Crippen LogP contribution in [-0.2, 0) is 6.42 Å². The molecule has 0 heterocycles. The average Bonchev–Trinajstić information content (AvgIpc) is 2.24. The van der Waals surface area contributed by atoms with Crippen LogP contribution in [0.15, 0.2) is 12.1 Å². The van der Waals surface area contributed by atoms with Gasteiger partial charge >= 0.3 is 0 Å². The molecular weight excluding hydrogens is 224 g/mol. The van der Waals surface area contributed by atoms with Crippen molar-refractivity contribution in [1.82, 2.24) is 5.32 Å². The Bertz CT molecular complexity index is 394. The predicted octanol–water partition coefficient (Wildman–Crippen LogP) is 2.18. The summed E-state index contributed by atoms with van der Waals surface area (Å²) in [6, 6.07) is 4.29. The summed E-state index contributed by atoms with van der Waals surface area (Å²) in [5.74, 6) is 0.987. The molecule has 0 aliphatic carbocycles. The molecular formula is C15H26N2O. The summed E-state index contributed by atoms with van der Waals surface area (Å²) < 4.78 is 5.45. The molecule has 0 saturated heterocycles. The predicted molar refractivity (Wildman–Crippen MR) is 77.3 cm³/mol. The van der Waals surface area contributed by atoms with Crippen LogP contribution in [0.5, 0.6) is 5.75 Å². The first kappa shape index (κ1) is 15.0. The Hall–Kier alpha value is -1.06. The third-order valence-electron chi connectivity index (χ3n) is 2.93. The first-order chi connectivity index (χ1) is 8.33. The molecule has 3 nitrogen and oxygen atoms in total. The van der Waals surface area contributed by atoms with Gasteiger partial charge in [0.2, 0.25) is 0 Å². The molecule has 0 fully saturated rings. The van der Waals surface area contributed by atoms with Crippen molar-refractivity contribution < 1.29 is 4.74 Å². The Morgan fingerprint density at radius 3 is 2.50 bits per heavy atom. The minimum absolute atomic E-state index is 0.160. The maximum Gasteiger partial charge on any atom is 0.122 e. The summed E-state index contributed by atoms with van der Waals surface area (Å²) in [7, 11) is 1.73. The van der Waals surface area contributed by atoms with Crippen LogP contribution in [0.1, 0.15) is 30.5 Å². The van der Waals surface area contributed by atoms with E-state index in [2.05, 4.69) is 31.3 Å². The van der Waals surface area contributed by atoms with E-state index in [-0.39, 0.29) is 5.54 Å². The number of benzene rings is 1. The molecule has 102 valence electrons. The number of nitrogens with two attached hydrogens (primary N) is 1. The lowest BCUT2D eigenvalue weighted by molar-refractivity contribution is 0.407. The van der Waals surface area contributed by atoms with Crippen LogP contribution in [0, 0.1) is 13.8 Å². The van der Waals surface area contributed by atoms with Crippen LogP contribution in [-0.4, -0.2) is 25.7 Å². The van der Waals surface area contributed by atoms with Gasteiger partial charge in [0, 0.05) is 12.1 Å². The van der Waals surface area contributed by atoms with Crippen molar-refractivity contribution in [2.45, 2.75) is 39.7 Å². The Morgan fingerprint density at radius 2 is 1.94 bits per heavy atom. The normalized spacial score (nSPS) is 11.7. The zero-order chi connectivity index (χ0) is 13.8. The summed E-state index contributed by atoms with van der Waals surface area (Å²) in [6.07, 6.45) is 0.964. The third kappa shape index (κ3) is 4.67. The molecule has 0 radical (unpaired) electrons. The van der Waals surface area contributed by atoms with Crippen LogP contribution in [0.3, 0.4) is 0 Å². The van der Waals surface area contributed by atoms with Gasteiger partial charge in [0.05, 0.1) is 7.11 Å². The van der Waals surface area contributed by atoms with Gasteiger partial charge in [-0.25, -0.2) is 0 Å². The number of methoxy groups -OCH3 is 1. The number of hydrogen-bond donors (Lipinski definition) is 2. The molecule has 0 atom stereocenters. The molecule has 0 amide bonds. The van der Waals surface area contributed by atoms with Gasteiger partial charge in [-0.15, -0.1) is 0 Å². The number of rotatable bonds is 6. The van der Waals surface area contributed by atoms with Crippen LogP contribution < -0.4 is 15.8 Å². The molecule has 0 saturated carbocycles. The zero-order valence-corrected chi connectivity index (χ0v) is 12.3. The quantitative estimate of drug-likeness (QED) is 0.761. The second kappa shape index (κ2) is 6.21. The van der Waals surface area contributed by atoms with Gasteiger partial charge in [-0.05, 0) is 63.4 Å². The van der Waals surface area contributed by atoms with E-state index in [0.29, 0.717) is 0 Å². The summed E-state index contributed by atoms with van der Waals surface area (Å²) >= 11 is 0. The minimum atomic E-state index is -0.160. The topological polar surface area (TPSA) is 47.3 Å². The van der Waals surface area contributed by atoms with Crippen molar-refractivity contribution in [3.05, 3.63) is 28.8 Å². The van der Waals surface area contributed by atoms with E-state index < -0.39 is 0 Å². The van der Waals surface area contributed by atoms with E-state index in [1.807, 2.05) is 13.8 Å². The maximum absolute atomic E-state index is 5.93. The largest absolute Gasteiger partial charge is 0.496 e. The summed E-state index contributed by atoms with van der Waals surface area (Å²) in [5.41, 5.74) is 9.59. The fourth-order valence-electron chi connectivity index (χ4n) is 2.08. The molecule has 3 heteroatoms. The number of ether oxygens (including phenoxy) is 1. The molecule has 3 N–H and O–H groups in total. The Kier molecular flexibility index (Phi) is 5.17. The molecule has 0 aromatic heterocycles. The fraction of sp³-hybridized carbons (Fsp3) is 0.600. The van der Waals surface area contributed by atoms with Crippen molar-refractivity contribution in [3.63, 3.8) is 0 Å². The van der Waals surface area contributed by atoms with E-state index in [4.69, 9.17) is 10.5 Å². The van der Waals surface area contributed by atoms with Crippen molar-refractivity contribution in [2.75, 3.05) is 20.2 Å². The maximum atomic E-state index is 5.93. The number of aryl methyl sites for hydroxylation is 2. The van der Waals surface area contributed by atoms with E-state index in [0.717, 1.165) is 25.3 Å². The average molecular weight is 250 g/mol. The minimum Gasteiger partial charge on any atom is -0.496 e. The van der Waals surface area contributed by atoms with Crippen molar-refractivity contribution >= 4 is 0 Å². The van der Waals surface area contributed by atoms with Gasteiger partial charge in [-0.2, -0.15) is 0 Å². The molecule has 0 spiro atoms. The van der Waals surface area contributed by atoms with Gasteiger partial charge < -0.3 is 15.8 Å². The van der Waals surface area contributed by atoms with Crippen molar-refractivity contribution in [3.8, 4) is 5.75 Å². The highest BCUT2D eigenvalue weighted by atomic mass is 16.5. The van der Waals surface area contributed by atoms with Crippen molar-refractivity contribution in [1.29, 1.82) is 0 Å². The Balaban J connectivity index is 2.62. The number of hydrogen-bond acceptors (Lipinski definition) is 3. The lowest BCUT2D eigenvalue weighted by Crippen LogP contribution is -2.43. The van der Waals surface area contributed by atoms with Gasteiger partial charge in [0.25, 0.3) is 0 Å². The van der Waals surface area contributed by atoms with E-state index in [1.54, 1.807) is 7.11 Å². The van der Waals surface area contributed by atoms with Gasteiger partial charge in [-0.1, -0.05) is 6.07 Å². The van der Waals surface area contributed by atoms with Crippen LogP contribution in [0.4, 0.5) is 0 Å². The summed E-state index contributed by atoms with van der Waals surface area (Å²) in [6.45, 7) is 10.0. The first-order valence-electron chi connectivity index (χ1n) is 6.47. The standard InChI is InChI=1S/C15H26N2O/c1-11-8-12(2)13(14(9-11)18-5)6-7-17-10-15(3,4)16/h8-9,17H,6-7,10,16H2,1-5H3. The zero-order valence-electron chi connectivity index (χ0n) is 12.3. The lowest BCUT2D eigenvalue weighted by atomic mass is 10.0. The van der Waals surface area contributed by atoms with Crippen LogP contribution >= 0.6 is 0 Å². The molecule has 0 aliphatic rings. The highest BCUT2D eigenvalue weighted by Gasteiger charge is 2.11. The summed E-state index contributed by atoms with van der Waals surface area (Å²) in [4.78, 5) is 0. The fourth-order valence-corrected chi connectivity index (χ4v) is 2.08. The second-order valence-corrected chi connectivity index (χ2v) is 5.68. The number of nitrogens with one attached hydrogen (secondary N) is 1. The van der Waals surface area contributed by atoms with Gasteiger partial charge in [0.1, 0.15) is 5.75 Å². The molecule has 1 aromatic rings. The molecule has 0 aliphatic heterocycles. The molecule has 1 rings (SSSR count). The van der Waals surface area contributed by atoms with Crippen molar-refractivity contribution in [2.24, 2.45) is 5.73 Å². The lowest BCUT2D eigenvalue weighted by Gasteiger charge is -2.19. The molecule has 0 bridgehead atoms. The first-order valence-corrected chi connectivity index (χ1v) is 6.47. The molecule has 0 unspecified atom stereocenters. The van der Waals surface area contributed by atoms with Crippen LogP contribution in [0.25, 0.3) is 0 Å². The van der Waals surface area contributed by atoms with Crippen LogP contribution in [0.2, 0.25) is 0 Å². The Labute approximate surface area is 111 Å². The highest BCUT2D eigenvalue weighted by molar-refractivity contribution is 5.43.